The zero-order valence-corrected chi connectivity index (χ0v) is 10.5. The average Bonchev–Trinajstić information content (AvgIpc) is 3.13. The summed E-state index contributed by atoms with van der Waals surface area (Å²) in [6.45, 7) is 0. The van der Waals surface area contributed by atoms with Gasteiger partial charge in [0.05, 0.1) is 6.33 Å². The number of carbonyl (C=O) groups is 1. The van der Waals surface area contributed by atoms with Gasteiger partial charge in [-0.2, -0.15) is 0 Å². The molecule has 0 aromatic carbocycles. The Morgan fingerprint density at radius 1 is 1.47 bits per heavy atom. The summed E-state index contributed by atoms with van der Waals surface area (Å²) in [5.74, 6) is -0.0666. The first kappa shape index (κ1) is 11.0. The molecular weight excluding hydrogens is 240 g/mol. The first-order valence-electron chi connectivity index (χ1n) is 6.79. The van der Waals surface area contributed by atoms with Gasteiger partial charge in [0.15, 0.2) is 0 Å². The van der Waals surface area contributed by atoms with Crippen LogP contribution in [-0.4, -0.2) is 33.4 Å². The predicted octanol–water partition coefficient (Wildman–Crippen LogP) is 0.957. The van der Waals surface area contributed by atoms with E-state index < -0.39 is 0 Å². The average molecular weight is 256 g/mol. The van der Waals surface area contributed by atoms with E-state index in [1.54, 1.807) is 6.33 Å². The van der Waals surface area contributed by atoms with E-state index in [1.807, 2.05) is 28.8 Å². The highest BCUT2D eigenvalue weighted by Gasteiger charge is 2.39. The largest absolute Gasteiger partial charge is 0.346 e. The van der Waals surface area contributed by atoms with E-state index in [0.717, 1.165) is 11.9 Å². The van der Waals surface area contributed by atoms with E-state index in [9.17, 15) is 4.79 Å². The maximum absolute atomic E-state index is 12.2. The van der Waals surface area contributed by atoms with Crippen LogP contribution < -0.4 is 10.6 Å². The summed E-state index contributed by atoms with van der Waals surface area (Å²) in [5, 5.41) is 6.63. The maximum Gasteiger partial charge on any atom is 0.270 e. The van der Waals surface area contributed by atoms with Crippen molar-refractivity contribution in [1.82, 2.24) is 20.0 Å². The normalized spacial score (nSPS) is 28.9. The molecule has 4 rings (SSSR count). The van der Waals surface area contributed by atoms with Crippen molar-refractivity contribution in [2.24, 2.45) is 0 Å². The second-order valence-corrected chi connectivity index (χ2v) is 5.48. The maximum atomic E-state index is 12.2. The number of amides is 1. The van der Waals surface area contributed by atoms with Gasteiger partial charge in [0, 0.05) is 29.8 Å². The van der Waals surface area contributed by atoms with Crippen molar-refractivity contribution >= 4 is 11.4 Å². The van der Waals surface area contributed by atoms with Gasteiger partial charge in [-0.05, 0) is 37.5 Å². The van der Waals surface area contributed by atoms with Crippen molar-refractivity contribution in [1.29, 1.82) is 0 Å². The van der Waals surface area contributed by atoms with Crippen molar-refractivity contribution in [2.75, 3.05) is 0 Å². The Kier molecular flexibility index (Phi) is 2.35. The number of hydrogen-bond acceptors (Lipinski definition) is 3. The molecule has 0 spiro atoms. The lowest BCUT2D eigenvalue weighted by molar-refractivity contribution is 0.0926. The van der Waals surface area contributed by atoms with Gasteiger partial charge in [-0.25, -0.2) is 4.98 Å². The topological polar surface area (TPSA) is 58.4 Å². The van der Waals surface area contributed by atoms with E-state index in [1.165, 1.54) is 12.8 Å². The Morgan fingerprint density at radius 3 is 3.21 bits per heavy atom. The van der Waals surface area contributed by atoms with Crippen LogP contribution in [0.15, 0.2) is 30.7 Å². The van der Waals surface area contributed by atoms with Crippen molar-refractivity contribution < 1.29 is 4.79 Å². The first-order chi connectivity index (χ1) is 9.29. The van der Waals surface area contributed by atoms with Crippen molar-refractivity contribution in [3.8, 4) is 0 Å². The Bertz CT molecular complexity index is 635. The molecule has 98 valence electrons. The summed E-state index contributed by atoms with van der Waals surface area (Å²) < 4.78 is 1.90. The summed E-state index contributed by atoms with van der Waals surface area (Å²) in [7, 11) is 0. The fourth-order valence-electron chi connectivity index (χ4n) is 3.29. The van der Waals surface area contributed by atoms with E-state index in [2.05, 4.69) is 15.6 Å². The quantitative estimate of drug-likeness (QED) is 0.841. The Morgan fingerprint density at radius 2 is 2.42 bits per heavy atom. The standard InChI is InChI=1S/C14H16N4O/c19-14(17-12-6-9-3-4-11(12)16-9)13-7-10-2-1-5-18(10)8-15-13/h1-2,5,7-9,11-12,16H,3-4,6H2,(H,17,19)/t9-,11+,12-/m1/s1. The minimum Gasteiger partial charge on any atom is -0.346 e. The Hall–Kier alpha value is -1.88. The highest BCUT2D eigenvalue weighted by atomic mass is 16.2. The summed E-state index contributed by atoms with van der Waals surface area (Å²) >= 11 is 0. The lowest BCUT2D eigenvalue weighted by Crippen LogP contribution is -2.43. The first-order valence-corrected chi connectivity index (χ1v) is 6.79. The molecule has 0 saturated carbocycles. The number of rotatable bonds is 2. The van der Waals surface area contributed by atoms with Crippen LogP contribution in [0, 0.1) is 0 Å². The van der Waals surface area contributed by atoms with E-state index >= 15 is 0 Å². The highest BCUT2D eigenvalue weighted by Crippen LogP contribution is 2.28. The van der Waals surface area contributed by atoms with E-state index in [0.29, 0.717) is 17.8 Å². The zero-order chi connectivity index (χ0) is 12.8. The fourth-order valence-corrected chi connectivity index (χ4v) is 3.29. The molecule has 4 heterocycles. The summed E-state index contributed by atoms with van der Waals surface area (Å²) in [4.78, 5) is 16.4. The molecule has 2 fully saturated rings. The van der Waals surface area contributed by atoms with Crippen LogP contribution >= 0.6 is 0 Å². The van der Waals surface area contributed by atoms with Crippen LogP contribution in [0.5, 0.6) is 0 Å². The SMILES string of the molecule is O=C(N[C@@H]1C[C@H]2CC[C@@H]1N2)c1cc2cccn2cn1. The molecule has 0 unspecified atom stereocenters. The van der Waals surface area contributed by atoms with Gasteiger partial charge in [-0.3, -0.25) is 4.79 Å². The Balaban J connectivity index is 1.53. The molecule has 0 radical (unpaired) electrons. The number of fused-ring (bicyclic) bond motifs is 3. The number of nitrogens with zero attached hydrogens (tertiary/aromatic N) is 2. The molecule has 19 heavy (non-hydrogen) atoms. The summed E-state index contributed by atoms with van der Waals surface area (Å²) in [6, 6.07) is 7.05. The molecule has 0 aliphatic carbocycles. The molecule has 2 bridgehead atoms. The summed E-state index contributed by atoms with van der Waals surface area (Å²) in [6.07, 6.45) is 7.06. The molecule has 3 atom stereocenters. The number of nitrogens with one attached hydrogen (secondary N) is 2. The third-order valence-corrected chi connectivity index (χ3v) is 4.27. The van der Waals surface area contributed by atoms with E-state index in [-0.39, 0.29) is 11.9 Å². The smallest absolute Gasteiger partial charge is 0.270 e. The van der Waals surface area contributed by atoms with Crippen LogP contribution in [-0.2, 0) is 0 Å². The number of hydrogen-bond donors (Lipinski definition) is 2. The minimum atomic E-state index is -0.0666. The summed E-state index contributed by atoms with van der Waals surface area (Å²) in [5.41, 5.74) is 1.49. The van der Waals surface area contributed by atoms with Gasteiger partial charge in [-0.1, -0.05) is 0 Å². The fraction of sp³-hybridized carbons (Fsp3) is 0.429. The molecule has 2 aromatic rings. The third-order valence-electron chi connectivity index (χ3n) is 4.27. The van der Waals surface area contributed by atoms with Crippen molar-refractivity contribution in [2.45, 2.75) is 37.4 Å². The monoisotopic (exact) mass is 256 g/mol. The van der Waals surface area contributed by atoms with Gasteiger partial charge in [-0.15, -0.1) is 0 Å². The number of aromatic nitrogens is 2. The van der Waals surface area contributed by atoms with Gasteiger partial charge in [0.1, 0.15) is 5.69 Å². The third kappa shape index (κ3) is 1.81. The molecule has 1 amide bonds. The lowest BCUT2D eigenvalue weighted by atomic mass is 9.95. The molecule has 5 nitrogen and oxygen atoms in total. The molecule has 5 heteroatoms. The minimum absolute atomic E-state index is 0.0666. The highest BCUT2D eigenvalue weighted by molar-refractivity contribution is 5.93. The zero-order valence-electron chi connectivity index (χ0n) is 10.5. The van der Waals surface area contributed by atoms with Gasteiger partial charge in [0.25, 0.3) is 5.91 Å². The van der Waals surface area contributed by atoms with Crippen molar-refractivity contribution in [3.63, 3.8) is 0 Å². The van der Waals surface area contributed by atoms with E-state index in [4.69, 9.17) is 0 Å². The Labute approximate surface area is 111 Å². The lowest BCUT2D eigenvalue weighted by Gasteiger charge is -2.21. The molecule has 2 aromatic heterocycles. The second-order valence-electron chi connectivity index (χ2n) is 5.48. The molecule has 2 saturated heterocycles. The van der Waals surface area contributed by atoms with Crippen molar-refractivity contribution in [3.05, 3.63) is 36.4 Å². The van der Waals surface area contributed by atoms with Gasteiger partial charge >= 0.3 is 0 Å². The number of carbonyl (C=O) groups excluding carboxylic acids is 1. The van der Waals surface area contributed by atoms with Gasteiger partial charge in [0.2, 0.25) is 0 Å². The van der Waals surface area contributed by atoms with Crippen LogP contribution in [0.3, 0.4) is 0 Å². The molecule has 2 aliphatic heterocycles. The van der Waals surface area contributed by atoms with Crippen LogP contribution in [0.2, 0.25) is 0 Å². The molecular formula is C14H16N4O. The predicted molar refractivity (Wildman–Crippen MR) is 71.0 cm³/mol. The second kappa shape index (κ2) is 4.06. The van der Waals surface area contributed by atoms with Crippen LogP contribution in [0.4, 0.5) is 0 Å². The van der Waals surface area contributed by atoms with Crippen LogP contribution in [0.25, 0.3) is 5.52 Å². The molecule has 2 N–H and O–H groups in total. The molecule has 2 aliphatic rings. The van der Waals surface area contributed by atoms with Crippen LogP contribution in [0.1, 0.15) is 29.8 Å². The van der Waals surface area contributed by atoms with Gasteiger partial charge < -0.3 is 15.0 Å².